The van der Waals surface area contributed by atoms with E-state index in [-0.39, 0.29) is 18.2 Å². The van der Waals surface area contributed by atoms with Crippen molar-refractivity contribution < 1.29 is 14.4 Å². The minimum Gasteiger partial charge on any atom is -0.326 e. The van der Waals surface area contributed by atoms with E-state index >= 15 is 0 Å². The smallest absolute Gasteiger partial charge is 0.325 e. The van der Waals surface area contributed by atoms with Gasteiger partial charge in [0.2, 0.25) is 11.8 Å². The molecule has 3 rings (SSSR count). The van der Waals surface area contributed by atoms with Crippen molar-refractivity contribution in [3.63, 3.8) is 0 Å². The fourth-order valence-corrected chi connectivity index (χ4v) is 3.28. The Morgan fingerprint density at radius 2 is 1.43 bits per heavy atom. The van der Waals surface area contributed by atoms with Crippen molar-refractivity contribution in [3.05, 3.63) is 64.6 Å². The molecule has 0 atom stereocenters. The molecule has 1 heterocycles. The summed E-state index contributed by atoms with van der Waals surface area (Å²) in [6.07, 6.45) is 0.0600. The van der Waals surface area contributed by atoms with Gasteiger partial charge in [0.1, 0.15) is 0 Å². The number of carbonyl (C=O) groups excluding carboxylic acids is 3. The zero-order valence-corrected chi connectivity index (χ0v) is 17.4. The summed E-state index contributed by atoms with van der Waals surface area (Å²) in [4.78, 5) is 39.5. The van der Waals surface area contributed by atoms with Crippen molar-refractivity contribution in [3.8, 4) is 0 Å². The van der Waals surface area contributed by atoms with Crippen LogP contribution < -0.4 is 21.3 Å². The van der Waals surface area contributed by atoms with Gasteiger partial charge in [-0.2, -0.15) is 0 Å². The summed E-state index contributed by atoms with van der Waals surface area (Å²) in [7, 11) is 0. The fraction of sp³-hybridized carbons (Fsp3) is 0.100. The van der Waals surface area contributed by atoms with Crippen LogP contribution in [0.1, 0.15) is 12.6 Å². The number of nitrogens with zero attached hydrogens (tertiary/aromatic N) is 1. The van der Waals surface area contributed by atoms with Gasteiger partial charge in [0.15, 0.2) is 5.13 Å². The number of aromatic nitrogens is 1. The number of thiazole rings is 1. The first-order valence-electron chi connectivity index (χ1n) is 8.83. The third-order valence-electron chi connectivity index (χ3n) is 3.71. The molecule has 0 aliphatic rings. The Bertz CT molecular complexity index is 1050. The van der Waals surface area contributed by atoms with Crippen LogP contribution in [0.3, 0.4) is 0 Å². The predicted octanol–water partition coefficient (Wildman–Crippen LogP) is 4.58. The van der Waals surface area contributed by atoms with Crippen LogP contribution in [0.4, 0.5) is 27.0 Å². The Labute approximate surface area is 181 Å². The SMILES string of the molecule is CC(=O)Nc1ccc(NC(=O)Cc2csc(NC(=O)Nc3ccc(Cl)cc3)n2)cc1. The standard InChI is InChI=1S/C20H18ClN5O3S/c1-12(27)22-14-6-8-15(9-7-14)23-18(28)10-17-11-30-20(25-17)26-19(29)24-16-4-2-13(21)3-5-16/h2-9,11H,10H2,1H3,(H,22,27)(H,23,28)(H2,24,25,26,29). The van der Waals surface area contributed by atoms with E-state index in [0.717, 1.165) is 0 Å². The number of rotatable bonds is 6. The second-order valence-electron chi connectivity index (χ2n) is 6.21. The highest BCUT2D eigenvalue weighted by Crippen LogP contribution is 2.18. The van der Waals surface area contributed by atoms with Gasteiger partial charge >= 0.3 is 6.03 Å². The molecule has 2 aromatic carbocycles. The Hall–Kier alpha value is -3.43. The number of amides is 4. The molecule has 10 heteroatoms. The summed E-state index contributed by atoms with van der Waals surface area (Å²) in [5.74, 6) is -0.411. The van der Waals surface area contributed by atoms with Gasteiger partial charge in [-0.3, -0.25) is 14.9 Å². The summed E-state index contributed by atoms with van der Waals surface area (Å²) >= 11 is 7.04. The van der Waals surface area contributed by atoms with E-state index in [1.54, 1.807) is 53.9 Å². The molecule has 0 aliphatic carbocycles. The van der Waals surface area contributed by atoms with Crippen LogP contribution in [0.15, 0.2) is 53.9 Å². The highest BCUT2D eigenvalue weighted by molar-refractivity contribution is 7.14. The molecule has 4 amide bonds. The monoisotopic (exact) mass is 443 g/mol. The van der Waals surface area contributed by atoms with Crippen molar-refractivity contribution in [2.24, 2.45) is 0 Å². The summed E-state index contributed by atoms with van der Waals surface area (Å²) in [6, 6.07) is 13.0. The van der Waals surface area contributed by atoms with Crippen molar-refractivity contribution in [2.45, 2.75) is 13.3 Å². The van der Waals surface area contributed by atoms with Crippen molar-refractivity contribution >= 4 is 63.0 Å². The maximum Gasteiger partial charge on any atom is 0.325 e. The van der Waals surface area contributed by atoms with E-state index in [1.807, 2.05) is 0 Å². The number of benzene rings is 2. The number of halogens is 1. The molecule has 0 spiro atoms. The van der Waals surface area contributed by atoms with E-state index in [2.05, 4.69) is 26.3 Å². The average Bonchev–Trinajstić information content (AvgIpc) is 3.11. The topological polar surface area (TPSA) is 112 Å². The molecule has 4 N–H and O–H groups in total. The van der Waals surface area contributed by atoms with E-state index in [4.69, 9.17) is 11.6 Å². The van der Waals surface area contributed by atoms with Crippen LogP contribution in [0, 0.1) is 0 Å². The van der Waals surface area contributed by atoms with Crippen molar-refractivity contribution in [2.75, 3.05) is 21.3 Å². The number of anilines is 4. The Kier molecular flexibility index (Phi) is 6.99. The molecule has 0 fully saturated rings. The molecular weight excluding hydrogens is 426 g/mol. The second-order valence-corrected chi connectivity index (χ2v) is 7.51. The van der Waals surface area contributed by atoms with Crippen LogP contribution in [-0.4, -0.2) is 22.8 Å². The van der Waals surface area contributed by atoms with Gasteiger partial charge in [0.05, 0.1) is 12.1 Å². The third kappa shape index (κ3) is 6.57. The summed E-state index contributed by atoms with van der Waals surface area (Å²) in [5.41, 5.74) is 2.38. The Morgan fingerprint density at radius 3 is 2.07 bits per heavy atom. The zero-order chi connectivity index (χ0) is 21.5. The normalized spacial score (nSPS) is 10.2. The van der Waals surface area contributed by atoms with Crippen molar-refractivity contribution in [1.82, 2.24) is 4.98 Å². The number of carbonyl (C=O) groups is 3. The maximum atomic E-state index is 12.2. The van der Waals surface area contributed by atoms with Gasteiger partial charge in [-0.15, -0.1) is 11.3 Å². The lowest BCUT2D eigenvalue weighted by Crippen LogP contribution is -2.19. The van der Waals surface area contributed by atoms with Crippen LogP contribution >= 0.6 is 22.9 Å². The molecule has 0 aliphatic heterocycles. The Balaban J connectivity index is 1.49. The number of nitrogens with one attached hydrogen (secondary N) is 4. The highest BCUT2D eigenvalue weighted by atomic mass is 35.5. The van der Waals surface area contributed by atoms with Gasteiger partial charge < -0.3 is 16.0 Å². The van der Waals surface area contributed by atoms with Crippen molar-refractivity contribution in [1.29, 1.82) is 0 Å². The quantitative estimate of drug-likeness (QED) is 0.446. The molecule has 1 aromatic heterocycles. The largest absolute Gasteiger partial charge is 0.326 e. The van der Waals surface area contributed by atoms with E-state index in [0.29, 0.717) is 32.9 Å². The van der Waals surface area contributed by atoms with E-state index in [1.165, 1.54) is 18.3 Å². The predicted molar refractivity (Wildman–Crippen MR) is 119 cm³/mol. The molecule has 0 saturated carbocycles. The van der Waals surface area contributed by atoms with E-state index < -0.39 is 6.03 Å². The average molecular weight is 444 g/mol. The zero-order valence-electron chi connectivity index (χ0n) is 15.9. The molecule has 0 bridgehead atoms. The van der Waals surface area contributed by atoms with Crippen LogP contribution in [0.25, 0.3) is 0 Å². The number of hydrogen-bond acceptors (Lipinski definition) is 5. The maximum absolute atomic E-state index is 12.2. The lowest BCUT2D eigenvalue weighted by atomic mass is 10.2. The number of hydrogen-bond donors (Lipinski definition) is 4. The second kappa shape index (κ2) is 9.86. The minimum atomic E-state index is -0.443. The first-order valence-corrected chi connectivity index (χ1v) is 10.1. The molecule has 0 saturated heterocycles. The summed E-state index contributed by atoms with van der Waals surface area (Å²) < 4.78 is 0. The third-order valence-corrected chi connectivity index (χ3v) is 4.76. The van der Waals surface area contributed by atoms with Crippen LogP contribution in [-0.2, 0) is 16.0 Å². The first-order chi connectivity index (χ1) is 14.4. The van der Waals surface area contributed by atoms with Gasteiger partial charge in [0.25, 0.3) is 0 Å². The lowest BCUT2D eigenvalue weighted by molar-refractivity contribution is -0.116. The van der Waals surface area contributed by atoms with Gasteiger partial charge in [-0.1, -0.05) is 11.6 Å². The molecule has 30 heavy (non-hydrogen) atoms. The molecule has 8 nitrogen and oxygen atoms in total. The number of urea groups is 1. The minimum absolute atomic E-state index is 0.0600. The molecule has 3 aromatic rings. The fourth-order valence-electron chi connectivity index (χ4n) is 2.45. The van der Waals surface area contributed by atoms with Gasteiger partial charge in [0, 0.05) is 34.4 Å². The highest BCUT2D eigenvalue weighted by Gasteiger charge is 2.11. The van der Waals surface area contributed by atoms with Crippen LogP contribution in [0.5, 0.6) is 0 Å². The summed E-state index contributed by atoms with van der Waals surface area (Å²) in [5, 5.41) is 13.4. The first kappa shape index (κ1) is 21.3. The molecule has 0 unspecified atom stereocenters. The van der Waals surface area contributed by atoms with E-state index in [9.17, 15) is 14.4 Å². The Morgan fingerprint density at radius 1 is 0.867 bits per heavy atom. The molecule has 0 radical (unpaired) electrons. The molecular formula is C20H18ClN5O3S. The summed E-state index contributed by atoms with van der Waals surface area (Å²) in [6.45, 7) is 1.42. The van der Waals surface area contributed by atoms with Gasteiger partial charge in [-0.25, -0.2) is 9.78 Å². The van der Waals surface area contributed by atoms with Crippen LogP contribution in [0.2, 0.25) is 5.02 Å². The van der Waals surface area contributed by atoms with Gasteiger partial charge in [-0.05, 0) is 48.5 Å². The lowest BCUT2D eigenvalue weighted by Gasteiger charge is -2.06. The molecule has 154 valence electrons.